The van der Waals surface area contributed by atoms with Gasteiger partial charge in [-0.1, -0.05) is 24.3 Å². The quantitative estimate of drug-likeness (QED) is 0.604. The smallest absolute Gasteiger partial charge is 0.231 e. The molecule has 0 amide bonds. The Balaban J connectivity index is 1.36. The number of nitrogens with zero attached hydrogens (tertiary/aromatic N) is 2. The van der Waals surface area contributed by atoms with Crippen LogP contribution in [0.1, 0.15) is 16.8 Å². The van der Waals surface area contributed by atoms with E-state index in [0.29, 0.717) is 19.0 Å². The molecule has 0 bridgehead atoms. The molecule has 0 spiro atoms. The van der Waals surface area contributed by atoms with Crippen LogP contribution in [0.2, 0.25) is 0 Å². The summed E-state index contributed by atoms with van der Waals surface area (Å²) in [6.07, 6.45) is 0.821. The van der Waals surface area contributed by atoms with Gasteiger partial charge >= 0.3 is 0 Å². The number of ether oxygens (including phenoxy) is 3. The van der Waals surface area contributed by atoms with Crippen LogP contribution < -0.4 is 24.8 Å². The lowest BCUT2D eigenvalue weighted by molar-refractivity contribution is 0.174. The summed E-state index contributed by atoms with van der Waals surface area (Å²) >= 11 is 0. The zero-order valence-electron chi connectivity index (χ0n) is 16.6. The lowest BCUT2D eigenvalue weighted by Crippen LogP contribution is -2.11. The first kappa shape index (κ1) is 18.9. The van der Waals surface area contributed by atoms with Crippen LogP contribution in [0.4, 0.5) is 11.8 Å². The molecule has 0 radical (unpaired) electrons. The molecule has 29 heavy (non-hydrogen) atoms. The van der Waals surface area contributed by atoms with E-state index >= 15 is 0 Å². The van der Waals surface area contributed by atoms with E-state index in [1.54, 1.807) is 7.11 Å². The fourth-order valence-electron chi connectivity index (χ4n) is 3.20. The van der Waals surface area contributed by atoms with Crippen molar-refractivity contribution in [3.8, 4) is 17.2 Å². The number of benzene rings is 2. The van der Waals surface area contributed by atoms with Crippen LogP contribution in [0.5, 0.6) is 17.2 Å². The van der Waals surface area contributed by atoms with Gasteiger partial charge in [0.15, 0.2) is 11.5 Å². The van der Waals surface area contributed by atoms with Gasteiger partial charge in [0.05, 0.1) is 7.11 Å². The highest BCUT2D eigenvalue weighted by Crippen LogP contribution is 2.32. The maximum Gasteiger partial charge on any atom is 0.231 e. The zero-order chi connectivity index (χ0) is 20.1. The Morgan fingerprint density at radius 3 is 2.76 bits per heavy atom. The Labute approximate surface area is 170 Å². The van der Waals surface area contributed by atoms with Crippen molar-refractivity contribution in [3.05, 3.63) is 65.4 Å². The van der Waals surface area contributed by atoms with Crippen LogP contribution in [0.3, 0.4) is 0 Å². The van der Waals surface area contributed by atoms with Crippen LogP contribution in [0, 0.1) is 6.92 Å². The van der Waals surface area contributed by atoms with Crippen LogP contribution in [0.15, 0.2) is 48.5 Å². The molecule has 0 saturated carbocycles. The van der Waals surface area contributed by atoms with E-state index in [2.05, 4.69) is 26.7 Å². The molecule has 4 rings (SSSR count). The van der Waals surface area contributed by atoms with Crippen molar-refractivity contribution >= 4 is 11.8 Å². The third-order valence-corrected chi connectivity index (χ3v) is 4.63. The predicted octanol–water partition coefficient (Wildman–Crippen LogP) is 3.79. The van der Waals surface area contributed by atoms with E-state index < -0.39 is 0 Å². The Hall–Kier alpha value is -3.48. The summed E-state index contributed by atoms with van der Waals surface area (Å²) in [6.45, 7) is 3.58. The van der Waals surface area contributed by atoms with Crippen LogP contribution in [-0.4, -0.2) is 30.4 Å². The number of para-hydroxylation sites is 1. The molecule has 0 aliphatic carbocycles. The number of methoxy groups -OCH3 is 1. The lowest BCUT2D eigenvalue weighted by Gasteiger charge is -2.11. The topological polar surface area (TPSA) is 77.5 Å². The summed E-state index contributed by atoms with van der Waals surface area (Å²) in [5, 5.41) is 6.66. The second kappa shape index (κ2) is 8.68. The van der Waals surface area contributed by atoms with E-state index in [1.807, 2.05) is 49.4 Å². The molecular weight excluding hydrogens is 368 g/mol. The normalized spacial score (nSPS) is 11.9. The summed E-state index contributed by atoms with van der Waals surface area (Å²) in [4.78, 5) is 9.05. The van der Waals surface area contributed by atoms with Crippen LogP contribution in [0.25, 0.3) is 0 Å². The van der Waals surface area contributed by atoms with Gasteiger partial charge in [0.25, 0.3) is 0 Å². The number of anilines is 2. The fourth-order valence-corrected chi connectivity index (χ4v) is 3.20. The standard InChI is InChI=1S/C22H24N4O3/c1-15-11-21(24-13-16-7-8-19-20(12-16)29-14-28-19)26-22(25-15)23-10-9-17-5-3-4-6-18(17)27-2/h3-8,11-12H,9-10,13-14H2,1-2H3,(H2,23,24,25,26). The molecule has 0 unspecified atom stereocenters. The molecule has 1 aromatic heterocycles. The molecule has 150 valence electrons. The van der Waals surface area contributed by atoms with E-state index in [9.17, 15) is 0 Å². The van der Waals surface area contributed by atoms with E-state index in [1.165, 1.54) is 0 Å². The number of hydrogen-bond acceptors (Lipinski definition) is 7. The SMILES string of the molecule is COc1ccccc1CCNc1nc(C)cc(NCc2ccc3c(c2)OCO3)n1. The minimum Gasteiger partial charge on any atom is -0.496 e. The molecule has 3 aromatic rings. The van der Waals surface area contributed by atoms with Gasteiger partial charge in [-0.3, -0.25) is 0 Å². The second-order valence-electron chi connectivity index (χ2n) is 6.75. The number of aryl methyl sites for hydroxylation is 1. The molecule has 7 nitrogen and oxygen atoms in total. The van der Waals surface area contributed by atoms with Crippen molar-refractivity contribution < 1.29 is 14.2 Å². The molecule has 1 aliphatic rings. The van der Waals surface area contributed by atoms with Gasteiger partial charge in [0, 0.05) is 24.8 Å². The van der Waals surface area contributed by atoms with Crippen LogP contribution in [-0.2, 0) is 13.0 Å². The maximum atomic E-state index is 5.43. The molecule has 0 fully saturated rings. The van der Waals surface area contributed by atoms with Crippen molar-refractivity contribution in [3.63, 3.8) is 0 Å². The largest absolute Gasteiger partial charge is 0.496 e. The molecule has 2 heterocycles. The molecular formula is C22H24N4O3. The van der Waals surface area contributed by atoms with Crippen molar-refractivity contribution in [2.24, 2.45) is 0 Å². The van der Waals surface area contributed by atoms with Crippen molar-refractivity contribution in [1.29, 1.82) is 0 Å². The van der Waals surface area contributed by atoms with Gasteiger partial charge < -0.3 is 24.8 Å². The Morgan fingerprint density at radius 1 is 1.00 bits per heavy atom. The average Bonchev–Trinajstić information content (AvgIpc) is 3.20. The first-order valence-corrected chi connectivity index (χ1v) is 9.55. The summed E-state index contributed by atoms with van der Waals surface area (Å²) < 4.78 is 16.2. The molecule has 0 atom stereocenters. The van der Waals surface area contributed by atoms with Gasteiger partial charge in [0.2, 0.25) is 12.7 Å². The summed E-state index contributed by atoms with van der Waals surface area (Å²) in [5.41, 5.74) is 3.14. The summed E-state index contributed by atoms with van der Waals surface area (Å²) in [7, 11) is 1.69. The summed E-state index contributed by atoms with van der Waals surface area (Å²) in [6, 6.07) is 15.9. The molecule has 0 saturated heterocycles. The first-order valence-electron chi connectivity index (χ1n) is 9.55. The number of hydrogen-bond donors (Lipinski definition) is 2. The third-order valence-electron chi connectivity index (χ3n) is 4.63. The monoisotopic (exact) mass is 392 g/mol. The Morgan fingerprint density at radius 2 is 1.86 bits per heavy atom. The van der Waals surface area contributed by atoms with Gasteiger partial charge in [-0.2, -0.15) is 4.98 Å². The lowest BCUT2D eigenvalue weighted by atomic mass is 10.1. The Bertz CT molecular complexity index is 994. The van der Waals surface area contributed by atoms with Crippen molar-refractivity contribution in [2.75, 3.05) is 31.1 Å². The molecule has 2 N–H and O–H groups in total. The Kier molecular flexibility index (Phi) is 5.65. The number of rotatable bonds is 8. The fraction of sp³-hybridized carbons (Fsp3) is 0.273. The van der Waals surface area contributed by atoms with Crippen molar-refractivity contribution in [2.45, 2.75) is 19.9 Å². The number of fused-ring (bicyclic) bond motifs is 1. The van der Waals surface area contributed by atoms with E-state index in [-0.39, 0.29) is 6.79 Å². The number of nitrogens with one attached hydrogen (secondary N) is 2. The maximum absolute atomic E-state index is 5.43. The molecule has 7 heteroatoms. The second-order valence-corrected chi connectivity index (χ2v) is 6.75. The van der Waals surface area contributed by atoms with Gasteiger partial charge in [-0.25, -0.2) is 4.98 Å². The highest BCUT2D eigenvalue weighted by molar-refractivity contribution is 5.47. The van der Waals surface area contributed by atoms with E-state index in [4.69, 9.17) is 14.2 Å². The zero-order valence-corrected chi connectivity index (χ0v) is 16.6. The summed E-state index contributed by atoms with van der Waals surface area (Å²) in [5.74, 6) is 3.84. The van der Waals surface area contributed by atoms with Crippen LogP contribution >= 0.6 is 0 Å². The van der Waals surface area contributed by atoms with E-state index in [0.717, 1.165) is 46.3 Å². The highest BCUT2D eigenvalue weighted by atomic mass is 16.7. The van der Waals surface area contributed by atoms with Gasteiger partial charge in [-0.15, -0.1) is 0 Å². The minimum atomic E-state index is 0.279. The van der Waals surface area contributed by atoms with Crippen molar-refractivity contribution in [1.82, 2.24) is 9.97 Å². The molecule has 2 aromatic carbocycles. The minimum absolute atomic E-state index is 0.279. The third kappa shape index (κ3) is 4.68. The van der Waals surface area contributed by atoms with Gasteiger partial charge in [0.1, 0.15) is 11.6 Å². The first-order chi connectivity index (χ1) is 14.2. The highest BCUT2D eigenvalue weighted by Gasteiger charge is 2.13. The van der Waals surface area contributed by atoms with Gasteiger partial charge in [-0.05, 0) is 42.7 Å². The predicted molar refractivity (Wildman–Crippen MR) is 112 cm³/mol. The number of aromatic nitrogens is 2. The average molecular weight is 392 g/mol. The molecule has 1 aliphatic heterocycles.